The number of hydrogen-bond acceptors (Lipinski definition) is 4. The molecule has 0 radical (unpaired) electrons. The van der Waals surface area contributed by atoms with Gasteiger partial charge in [0.05, 0.1) is 13.2 Å². The van der Waals surface area contributed by atoms with Crippen molar-refractivity contribution in [3.63, 3.8) is 0 Å². The van der Waals surface area contributed by atoms with Gasteiger partial charge in [-0.1, -0.05) is 18.2 Å². The van der Waals surface area contributed by atoms with Crippen LogP contribution in [-0.4, -0.2) is 63.2 Å². The lowest BCUT2D eigenvalue weighted by Gasteiger charge is -2.44. The normalized spacial score (nSPS) is 30.1. The Bertz CT molecular complexity index is 656. The van der Waals surface area contributed by atoms with Gasteiger partial charge in [-0.15, -0.1) is 0 Å². The summed E-state index contributed by atoms with van der Waals surface area (Å²) in [4.78, 5) is 29.9. The number of para-hydroxylation sites is 1. The molecule has 1 N–H and O–H groups in total. The van der Waals surface area contributed by atoms with Crippen LogP contribution in [0.1, 0.15) is 11.5 Å². The summed E-state index contributed by atoms with van der Waals surface area (Å²) in [5, 5.41) is 3.29. The fraction of sp³-hybridized carbons (Fsp3) is 0.529. The number of fused-ring (bicyclic) bond motifs is 3. The quantitative estimate of drug-likeness (QED) is 0.752. The van der Waals surface area contributed by atoms with Crippen LogP contribution in [0.15, 0.2) is 24.3 Å². The Morgan fingerprint density at radius 1 is 1.30 bits per heavy atom. The van der Waals surface area contributed by atoms with Crippen molar-refractivity contribution >= 4 is 17.5 Å². The van der Waals surface area contributed by atoms with Gasteiger partial charge in [0, 0.05) is 44.8 Å². The first-order valence-electron chi connectivity index (χ1n) is 8.11. The maximum Gasteiger partial charge on any atom is 0.244 e. The van der Waals surface area contributed by atoms with Gasteiger partial charge >= 0.3 is 0 Å². The van der Waals surface area contributed by atoms with E-state index in [4.69, 9.17) is 4.74 Å². The van der Waals surface area contributed by atoms with Crippen molar-refractivity contribution in [3.05, 3.63) is 29.8 Å². The Morgan fingerprint density at radius 3 is 2.83 bits per heavy atom. The summed E-state index contributed by atoms with van der Waals surface area (Å²) < 4.78 is 5.35. The van der Waals surface area contributed by atoms with Crippen molar-refractivity contribution in [1.82, 2.24) is 10.2 Å². The number of anilines is 1. The first-order valence-corrected chi connectivity index (χ1v) is 8.11. The lowest BCUT2D eigenvalue weighted by molar-refractivity contribution is -0.152. The summed E-state index contributed by atoms with van der Waals surface area (Å²) in [5.41, 5.74) is 0.985. The third-order valence-corrected chi connectivity index (χ3v) is 5.39. The van der Waals surface area contributed by atoms with Crippen molar-refractivity contribution in [3.8, 4) is 0 Å². The van der Waals surface area contributed by atoms with E-state index < -0.39 is 5.41 Å². The van der Waals surface area contributed by atoms with Crippen LogP contribution in [-0.2, 0) is 14.3 Å². The van der Waals surface area contributed by atoms with E-state index in [9.17, 15) is 9.59 Å². The fourth-order valence-electron chi connectivity index (χ4n) is 4.17. The molecule has 6 nitrogen and oxygen atoms in total. The molecule has 4 rings (SSSR count). The highest BCUT2D eigenvalue weighted by Gasteiger charge is 2.60. The number of nitrogens with zero attached hydrogens (tertiary/aromatic N) is 2. The van der Waals surface area contributed by atoms with Crippen molar-refractivity contribution in [2.75, 3.05) is 51.3 Å². The molecule has 6 heteroatoms. The zero-order chi connectivity index (χ0) is 16.0. The van der Waals surface area contributed by atoms with Crippen LogP contribution >= 0.6 is 0 Å². The van der Waals surface area contributed by atoms with Gasteiger partial charge in [-0.05, 0) is 11.6 Å². The Balaban J connectivity index is 1.80. The molecule has 3 aliphatic heterocycles. The average Bonchev–Trinajstić information content (AvgIpc) is 3.06. The molecule has 3 aliphatic rings. The minimum Gasteiger partial charge on any atom is -0.378 e. The Labute approximate surface area is 135 Å². The van der Waals surface area contributed by atoms with Crippen LogP contribution < -0.4 is 10.2 Å². The summed E-state index contributed by atoms with van der Waals surface area (Å²) >= 11 is 0. The van der Waals surface area contributed by atoms with Gasteiger partial charge in [-0.25, -0.2) is 0 Å². The zero-order valence-electron chi connectivity index (χ0n) is 13.2. The first kappa shape index (κ1) is 14.7. The molecule has 23 heavy (non-hydrogen) atoms. The maximum atomic E-state index is 13.3. The van der Waals surface area contributed by atoms with Gasteiger partial charge in [-0.3, -0.25) is 9.59 Å². The smallest absolute Gasteiger partial charge is 0.244 e. The molecule has 1 aromatic carbocycles. The highest BCUT2D eigenvalue weighted by Crippen LogP contribution is 2.49. The second kappa shape index (κ2) is 5.32. The topological polar surface area (TPSA) is 61.9 Å². The van der Waals surface area contributed by atoms with Crippen LogP contribution in [0, 0.1) is 5.41 Å². The second-order valence-corrected chi connectivity index (χ2v) is 6.48. The minimum atomic E-state index is -1.01. The molecule has 0 saturated carbocycles. The van der Waals surface area contributed by atoms with Crippen LogP contribution in [0.4, 0.5) is 5.69 Å². The summed E-state index contributed by atoms with van der Waals surface area (Å²) in [6.45, 7) is 3.27. The van der Waals surface area contributed by atoms with Gasteiger partial charge < -0.3 is 19.9 Å². The van der Waals surface area contributed by atoms with E-state index in [0.29, 0.717) is 39.4 Å². The number of rotatable bonds is 1. The molecular weight excluding hydrogens is 294 g/mol. The van der Waals surface area contributed by atoms with Crippen LogP contribution in [0.2, 0.25) is 0 Å². The predicted octanol–water partition coefficient (Wildman–Crippen LogP) is 0.195. The second-order valence-electron chi connectivity index (χ2n) is 6.48. The average molecular weight is 315 g/mol. The number of amides is 2. The van der Waals surface area contributed by atoms with Crippen molar-refractivity contribution < 1.29 is 14.3 Å². The number of morpholine rings is 1. The van der Waals surface area contributed by atoms with Crippen molar-refractivity contribution in [1.29, 1.82) is 0 Å². The molecule has 3 heterocycles. The number of carbonyl (C=O) groups excluding carboxylic acids is 2. The molecular formula is C17H21N3O3. The van der Waals surface area contributed by atoms with E-state index in [1.807, 2.05) is 24.3 Å². The summed E-state index contributed by atoms with van der Waals surface area (Å²) in [5.74, 6) is -0.248. The predicted molar refractivity (Wildman–Crippen MR) is 85.3 cm³/mol. The lowest BCUT2D eigenvalue weighted by Crippen LogP contribution is -2.60. The van der Waals surface area contributed by atoms with Gasteiger partial charge in [0.2, 0.25) is 11.8 Å². The monoisotopic (exact) mass is 315 g/mol. The summed E-state index contributed by atoms with van der Waals surface area (Å²) in [6.07, 6.45) is 0. The van der Waals surface area contributed by atoms with Crippen LogP contribution in [0.25, 0.3) is 0 Å². The molecule has 1 aromatic rings. The Hall–Kier alpha value is -1.92. The molecule has 0 bridgehead atoms. The number of carbonyl (C=O) groups is 2. The van der Waals surface area contributed by atoms with Crippen LogP contribution in [0.5, 0.6) is 0 Å². The fourth-order valence-corrected chi connectivity index (χ4v) is 4.17. The van der Waals surface area contributed by atoms with E-state index in [2.05, 4.69) is 5.32 Å². The van der Waals surface area contributed by atoms with Crippen molar-refractivity contribution in [2.45, 2.75) is 5.92 Å². The Morgan fingerprint density at radius 2 is 2.04 bits per heavy atom. The molecule has 2 atom stereocenters. The van der Waals surface area contributed by atoms with E-state index >= 15 is 0 Å². The molecule has 0 aromatic heterocycles. The maximum absolute atomic E-state index is 13.3. The van der Waals surface area contributed by atoms with E-state index in [1.54, 1.807) is 16.8 Å². The molecule has 2 amide bonds. The summed E-state index contributed by atoms with van der Waals surface area (Å²) in [6, 6.07) is 7.90. The highest BCUT2D eigenvalue weighted by atomic mass is 16.5. The third-order valence-electron chi connectivity index (χ3n) is 5.39. The number of nitrogens with one attached hydrogen (secondary N) is 1. The number of benzene rings is 1. The first-order chi connectivity index (χ1) is 11.2. The number of ether oxygens (including phenoxy) is 1. The van der Waals surface area contributed by atoms with Gasteiger partial charge in [0.15, 0.2) is 0 Å². The molecule has 0 aliphatic carbocycles. The Kier molecular flexibility index (Phi) is 3.39. The van der Waals surface area contributed by atoms with E-state index in [1.165, 1.54) is 0 Å². The molecule has 2 saturated heterocycles. The largest absolute Gasteiger partial charge is 0.378 e. The standard InChI is InChI=1S/C17H21N3O3/c1-19-14-5-3-2-4-12(14)13-10-18-11-17(13,15(19)21)16(22)20-6-8-23-9-7-20/h2-5,13,18H,6-11H2,1H3. The third kappa shape index (κ3) is 1.95. The van der Waals surface area contributed by atoms with Gasteiger partial charge in [0.1, 0.15) is 5.41 Å². The minimum absolute atomic E-state index is 0.0536. The molecule has 2 fully saturated rings. The number of hydrogen-bond donors (Lipinski definition) is 1. The van der Waals surface area contributed by atoms with E-state index in [-0.39, 0.29) is 17.7 Å². The van der Waals surface area contributed by atoms with E-state index in [0.717, 1.165) is 11.3 Å². The lowest BCUT2D eigenvalue weighted by atomic mass is 9.69. The SMILES string of the molecule is CN1C(=O)C2(C(=O)N3CCOCC3)CNCC2c2ccccc21. The van der Waals surface area contributed by atoms with Gasteiger partial charge in [-0.2, -0.15) is 0 Å². The highest BCUT2D eigenvalue weighted by molar-refractivity contribution is 6.15. The molecule has 2 unspecified atom stereocenters. The molecule has 0 spiro atoms. The summed E-state index contributed by atoms with van der Waals surface area (Å²) in [7, 11) is 1.77. The van der Waals surface area contributed by atoms with Gasteiger partial charge in [0.25, 0.3) is 0 Å². The zero-order valence-corrected chi connectivity index (χ0v) is 13.2. The van der Waals surface area contributed by atoms with Crippen molar-refractivity contribution in [2.24, 2.45) is 5.41 Å². The van der Waals surface area contributed by atoms with Crippen LogP contribution in [0.3, 0.4) is 0 Å². The molecule has 122 valence electrons.